The Morgan fingerprint density at radius 3 is 2.60 bits per heavy atom. The molecule has 140 valence electrons. The summed E-state index contributed by atoms with van der Waals surface area (Å²) in [4.78, 5) is 2.95. The van der Waals surface area contributed by atoms with Crippen molar-refractivity contribution >= 4 is 10.0 Å². The number of nitrogens with zero attached hydrogens (tertiary/aromatic N) is 2. The molecular formula is C19H30N2O3S. The Kier molecular flexibility index (Phi) is 4.82. The molecular weight excluding hydrogens is 336 g/mol. The third-order valence-electron chi connectivity index (χ3n) is 6.37. The maximum absolute atomic E-state index is 13.2. The molecule has 1 atom stereocenters. The van der Waals surface area contributed by atoms with Gasteiger partial charge < -0.3 is 9.64 Å². The van der Waals surface area contributed by atoms with E-state index >= 15 is 0 Å². The van der Waals surface area contributed by atoms with Crippen molar-refractivity contribution in [3.63, 3.8) is 0 Å². The SMILES string of the molecule is CC1C=CC(S(=O)(=O)N2CCOC23CCN(CC2CCC2)CC3)=CC1. The normalized spacial score (nSPS) is 31.2. The molecule has 0 aromatic heterocycles. The second kappa shape index (κ2) is 6.80. The molecule has 0 N–H and O–H groups in total. The minimum Gasteiger partial charge on any atom is -0.358 e. The van der Waals surface area contributed by atoms with E-state index in [-0.39, 0.29) is 0 Å². The lowest BCUT2D eigenvalue weighted by Crippen LogP contribution is -2.55. The van der Waals surface area contributed by atoms with Crippen molar-refractivity contribution in [3.8, 4) is 0 Å². The summed E-state index contributed by atoms with van der Waals surface area (Å²) in [6.45, 7) is 6.15. The van der Waals surface area contributed by atoms with Gasteiger partial charge in [0.15, 0.2) is 0 Å². The molecule has 6 heteroatoms. The van der Waals surface area contributed by atoms with Crippen LogP contribution in [0.25, 0.3) is 0 Å². The lowest BCUT2D eigenvalue weighted by molar-refractivity contribution is -0.0927. The largest absolute Gasteiger partial charge is 0.358 e. The van der Waals surface area contributed by atoms with Crippen LogP contribution in [-0.4, -0.2) is 56.1 Å². The first-order chi connectivity index (χ1) is 12.0. The highest BCUT2D eigenvalue weighted by Gasteiger charge is 2.50. The summed E-state index contributed by atoms with van der Waals surface area (Å²) in [5.74, 6) is 1.27. The zero-order valence-electron chi connectivity index (χ0n) is 15.2. The van der Waals surface area contributed by atoms with Crippen molar-refractivity contribution in [2.75, 3.05) is 32.8 Å². The van der Waals surface area contributed by atoms with Crippen LogP contribution in [0.3, 0.4) is 0 Å². The van der Waals surface area contributed by atoms with Crippen LogP contribution in [0.15, 0.2) is 23.1 Å². The molecule has 2 heterocycles. The minimum absolute atomic E-state index is 0.414. The number of rotatable bonds is 4. The van der Waals surface area contributed by atoms with Gasteiger partial charge in [0.2, 0.25) is 10.0 Å². The molecule has 1 unspecified atom stereocenters. The highest BCUT2D eigenvalue weighted by Crippen LogP contribution is 2.39. The highest BCUT2D eigenvalue weighted by molar-refractivity contribution is 7.93. The fourth-order valence-corrected chi connectivity index (χ4v) is 6.28. The Morgan fingerprint density at radius 2 is 2.00 bits per heavy atom. The predicted octanol–water partition coefficient (Wildman–Crippen LogP) is 2.72. The first kappa shape index (κ1) is 17.7. The molecule has 4 rings (SSSR count). The van der Waals surface area contributed by atoms with Gasteiger partial charge in [-0.1, -0.05) is 25.5 Å². The van der Waals surface area contributed by atoms with Gasteiger partial charge in [-0.2, -0.15) is 4.31 Å². The topological polar surface area (TPSA) is 49.9 Å². The number of likely N-dealkylation sites (tertiary alicyclic amines) is 1. The highest BCUT2D eigenvalue weighted by atomic mass is 32.2. The molecule has 0 bridgehead atoms. The number of sulfonamides is 1. The predicted molar refractivity (Wildman–Crippen MR) is 98.3 cm³/mol. The number of ether oxygens (including phenoxy) is 1. The van der Waals surface area contributed by atoms with Crippen molar-refractivity contribution in [2.24, 2.45) is 11.8 Å². The van der Waals surface area contributed by atoms with E-state index in [0.717, 1.165) is 38.3 Å². The fraction of sp³-hybridized carbons (Fsp3) is 0.789. The summed E-state index contributed by atoms with van der Waals surface area (Å²) in [5, 5.41) is 0. The first-order valence-corrected chi connectivity index (χ1v) is 11.2. The van der Waals surface area contributed by atoms with Crippen molar-refractivity contribution in [1.29, 1.82) is 0 Å². The van der Waals surface area contributed by atoms with E-state index in [0.29, 0.717) is 24.0 Å². The molecule has 0 aromatic rings. The van der Waals surface area contributed by atoms with Crippen LogP contribution in [0.2, 0.25) is 0 Å². The van der Waals surface area contributed by atoms with Crippen molar-refractivity contribution in [3.05, 3.63) is 23.1 Å². The second-order valence-corrected chi connectivity index (χ2v) is 10.0. The Bertz CT molecular complexity index is 658. The minimum atomic E-state index is -3.46. The van der Waals surface area contributed by atoms with E-state index in [1.165, 1.54) is 25.8 Å². The average molecular weight is 367 g/mol. The summed E-state index contributed by atoms with van der Waals surface area (Å²) in [6, 6.07) is 0. The molecule has 1 saturated carbocycles. The molecule has 3 fully saturated rings. The van der Waals surface area contributed by atoms with Gasteiger partial charge in [-0.3, -0.25) is 0 Å². The van der Waals surface area contributed by atoms with Gasteiger partial charge >= 0.3 is 0 Å². The zero-order valence-corrected chi connectivity index (χ0v) is 16.0. The number of piperidine rings is 1. The Morgan fingerprint density at radius 1 is 1.24 bits per heavy atom. The van der Waals surface area contributed by atoms with Crippen LogP contribution in [0.1, 0.15) is 45.4 Å². The molecule has 2 aliphatic carbocycles. The summed E-state index contributed by atoms with van der Waals surface area (Å²) in [6.07, 6.45) is 12.1. The monoisotopic (exact) mass is 366 g/mol. The van der Waals surface area contributed by atoms with Crippen molar-refractivity contribution in [1.82, 2.24) is 9.21 Å². The number of allylic oxidation sites excluding steroid dienone is 3. The lowest BCUT2D eigenvalue weighted by atomic mass is 9.84. The van der Waals surface area contributed by atoms with Gasteiger partial charge in [0, 0.05) is 39.0 Å². The summed E-state index contributed by atoms with van der Waals surface area (Å²) >= 11 is 0. The zero-order chi connectivity index (χ0) is 17.5. The summed E-state index contributed by atoms with van der Waals surface area (Å²) < 4.78 is 34.1. The molecule has 4 aliphatic rings. The third-order valence-corrected chi connectivity index (χ3v) is 8.36. The number of hydrogen-bond acceptors (Lipinski definition) is 4. The molecule has 2 saturated heterocycles. The van der Waals surface area contributed by atoms with Crippen LogP contribution in [0.5, 0.6) is 0 Å². The van der Waals surface area contributed by atoms with E-state index < -0.39 is 15.7 Å². The smallest absolute Gasteiger partial charge is 0.245 e. The van der Waals surface area contributed by atoms with Crippen LogP contribution in [-0.2, 0) is 14.8 Å². The molecule has 25 heavy (non-hydrogen) atoms. The Labute approximate surface area is 151 Å². The number of hydrogen-bond donors (Lipinski definition) is 0. The average Bonchev–Trinajstić information content (AvgIpc) is 2.97. The molecule has 0 radical (unpaired) electrons. The van der Waals surface area contributed by atoms with E-state index in [9.17, 15) is 8.42 Å². The van der Waals surface area contributed by atoms with Gasteiger partial charge in [0.05, 0.1) is 11.5 Å². The van der Waals surface area contributed by atoms with Crippen LogP contribution in [0, 0.1) is 11.8 Å². The van der Waals surface area contributed by atoms with E-state index in [1.807, 2.05) is 12.2 Å². The van der Waals surface area contributed by atoms with Crippen LogP contribution < -0.4 is 0 Å². The van der Waals surface area contributed by atoms with Gasteiger partial charge in [-0.15, -0.1) is 0 Å². The fourth-order valence-electron chi connectivity index (χ4n) is 4.48. The Hall–Kier alpha value is -0.690. The molecule has 0 amide bonds. The van der Waals surface area contributed by atoms with E-state index in [4.69, 9.17) is 4.74 Å². The first-order valence-electron chi connectivity index (χ1n) is 9.77. The van der Waals surface area contributed by atoms with Gasteiger partial charge in [-0.05, 0) is 37.2 Å². The quantitative estimate of drug-likeness (QED) is 0.768. The van der Waals surface area contributed by atoms with Gasteiger partial charge in [0.1, 0.15) is 5.72 Å². The van der Waals surface area contributed by atoms with Crippen molar-refractivity contribution < 1.29 is 13.2 Å². The standard InChI is InChI=1S/C19H30N2O3S/c1-16-5-7-18(8-6-16)25(22,23)21-13-14-24-19(21)9-11-20(12-10-19)15-17-3-2-4-17/h5,7-8,16-17H,2-4,6,9-15H2,1H3. The molecule has 0 aromatic carbocycles. The maximum atomic E-state index is 13.2. The lowest BCUT2D eigenvalue weighted by Gasteiger charge is -2.44. The van der Waals surface area contributed by atoms with E-state index in [2.05, 4.69) is 11.8 Å². The third kappa shape index (κ3) is 3.34. The van der Waals surface area contributed by atoms with Crippen molar-refractivity contribution in [2.45, 2.75) is 51.2 Å². The Balaban J connectivity index is 1.46. The van der Waals surface area contributed by atoms with Crippen LogP contribution >= 0.6 is 0 Å². The summed E-state index contributed by atoms with van der Waals surface area (Å²) in [7, 11) is -3.46. The molecule has 2 aliphatic heterocycles. The molecule has 1 spiro atoms. The van der Waals surface area contributed by atoms with Gasteiger partial charge in [0.25, 0.3) is 0 Å². The molecule has 5 nitrogen and oxygen atoms in total. The summed E-state index contributed by atoms with van der Waals surface area (Å²) in [5.41, 5.74) is -0.618. The van der Waals surface area contributed by atoms with Gasteiger partial charge in [-0.25, -0.2) is 8.42 Å². The van der Waals surface area contributed by atoms with E-state index in [1.54, 1.807) is 10.4 Å². The van der Waals surface area contributed by atoms with Crippen LogP contribution in [0.4, 0.5) is 0 Å². The second-order valence-electron chi connectivity index (χ2n) is 8.15. The maximum Gasteiger partial charge on any atom is 0.245 e.